The Hall–Kier alpha value is -2.34. The number of carbonyl (C=O) groups excluding carboxylic acids is 2. The van der Waals surface area contributed by atoms with Gasteiger partial charge in [0, 0.05) is 6.04 Å². The molecule has 0 aliphatic heterocycles. The molecule has 0 unspecified atom stereocenters. The summed E-state index contributed by atoms with van der Waals surface area (Å²) < 4.78 is 5.14. The molecule has 0 radical (unpaired) electrons. The predicted molar refractivity (Wildman–Crippen MR) is 100 cm³/mol. The van der Waals surface area contributed by atoms with E-state index in [1.165, 1.54) is 16.9 Å². The van der Waals surface area contributed by atoms with E-state index >= 15 is 0 Å². The molecule has 1 aromatic heterocycles. The fourth-order valence-corrected chi connectivity index (χ4v) is 2.98. The summed E-state index contributed by atoms with van der Waals surface area (Å²) in [6.45, 7) is 3.66. The van der Waals surface area contributed by atoms with Gasteiger partial charge in [0.05, 0.1) is 12.0 Å². The van der Waals surface area contributed by atoms with Crippen molar-refractivity contribution in [2.24, 2.45) is 0 Å². The molecule has 6 heteroatoms. The van der Waals surface area contributed by atoms with Crippen molar-refractivity contribution in [1.29, 1.82) is 0 Å². The van der Waals surface area contributed by atoms with Gasteiger partial charge in [-0.05, 0) is 55.8 Å². The standard InChI is InChI=1S/C19H24N2O3S/c1-13(6-7-15-8-10-16(24-3)11-9-15)20-18(22)14(2)21-19(23)17-5-4-12-25-17/h4-5,8-14H,6-7H2,1-3H3,(H,20,22)(H,21,23)/t13-,14+/m1/s1. The van der Waals surface area contributed by atoms with Crippen molar-refractivity contribution in [3.63, 3.8) is 0 Å². The number of carbonyl (C=O) groups is 2. The molecule has 0 fully saturated rings. The summed E-state index contributed by atoms with van der Waals surface area (Å²) in [6, 6.07) is 10.9. The van der Waals surface area contributed by atoms with E-state index in [0.29, 0.717) is 4.88 Å². The zero-order valence-corrected chi connectivity index (χ0v) is 15.6. The first kappa shape index (κ1) is 19.0. The second kappa shape index (κ2) is 9.22. The number of aryl methyl sites for hydroxylation is 1. The van der Waals surface area contributed by atoms with Crippen LogP contribution in [0.15, 0.2) is 41.8 Å². The summed E-state index contributed by atoms with van der Waals surface area (Å²) in [6.07, 6.45) is 1.69. The highest BCUT2D eigenvalue weighted by Gasteiger charge is 2.18. The van der Waals surface area contributed by atoms with Crippen molar-refractivity contribution in [3.8, 4) is 5.75 Å². The number of hydrogen-bond acceptors (Lipinski definition) is 4. The Morgan fingerprint density at radius 3 is 2.44 bits per heavy atom. The Bertz CT molecular complexity index is 683. The maximum Gasteiger partial charge on any atom is 0.261 e. The van der Waals surface area contributed by atoms with E-state index in [2.05, 4.69) is 10.6 Å². The van der Waals surface area contributed by atoms with Crippen LogP contribution >= 0.6 is 11.3 Å². The summed E-state index contributed by atoms with van der Waals surface area (Å²) in [5.74, 6) is 0.441. The van der Waals surface area contributed by atoms with Crippen LogP contribution in [-0.4, -0.2) is 31.0 Å². The number of thiophene rings is 1. The molecule has 1 aromatic carbocycles. The fraction of sp³-hybridized carbons (Fsp3) is 0.368. The van der Waals surface area contributed by atoms with Crippen molar-refractivity contribution < 1.29 is 14.3 Å². The number of amides is 2. The third-order valence-corrected chi connectivity index (χ3v) is 4.77. The Kier molecular flexibility index (Phi) is 7.01. The lowest BCUT2D eigenvalue weighted by Gasteiger charge is -2.18. The lowest BCUT2D eigenvalue weighted by Crippen LogP contribution is -2.47. The fourth-order valence-electron chi connectivity index (χ4n) is 2.36. The SMILES string of the molecule is COc1ccc(CC[C@@H](C)NC(=O)[C@H](C)NC(=O)c2cccs2)cc1. The maximum atomic E-state index is 12.2. The van der Waals surface area contributed by atoms with Crippen molar-refractivity contribution in [2.75, 3.05) is 7.11 Å². The highest BCUT2D eigenvalue weighted by atomic mass is 32.1. The van der Waals surface area contributed by atoms with Gasteiger partial charge in [0.15, 0.2) is 0 Å². The second-order valence-corrected chi connectivity index (χ2v) is 6.92. The largest absolute Gasteiger partial charge is 0.497 e. The summed E-state index contributed by atoms with van der Waals surface area (Å²) in [7, 11) is 1.64. The van der Waals surface area contributed by atoms with Gasteiger partial charge in [-0.15, -0.1) is 11.3 Å². The Balaban J connectivity index is 1.75. The molecule has 0 saturated carbocycles. The molecule has 0 spiro atoms. The molecule has 2 amide bonds. The molecule has 0 saturated heterocycles. The zero-order chi connectivity index (χ0) is 18.2. The van der Waals surface area contributed by atoms with Crippen LogP contribution in [0.25, 0.3) is 0 Å². The van der Waals surface area contributed by atoms with Crippen molar-refractivity contribution >= 4 is 23.2 Å². The molecular weight excluding hydrogens is 336 g/mol. The van der Waals surface area contributed by atoms with Crippen molar-refractivity contribution in [2.45, 2.75) is 38.8 Å². The molecule has 134 valence electrons. The average molecular weight is 360 g/mol. The minimum absolute atomic E-state index is 0.0238. The van der Waals surface area contributed by atoms with Crippen LogP contribution < -0.4 is 15.4 Å². The zero-order valence-electron chi connectivity index (χ0n) is 14.7. The number of hydrogen-bond donors (Lipinski definition) is 2. The van der Waals surface area contributed by atoms with Gasteiger partial charge >= 0.3 is 0 Å². The van der Waals surface area contributed by atoms with Crippen LogP contribution in [-0.2, 0) is 11.2 Å². The molecule has 0 bridgehead atoms. The topological polar surface area (TPSA) is 67.4 Å². The number of nitrogens with one attached hydrogen (secondary N) is 2. The minimum Gasteiger partial charge on any atom is -0.497 e. The summed E-state index contributed by atoms with van der Waals surface area (Å²) in [4.78, 5) is 24.8. The lowest BCUT2D eigenvalue weighted by atomic mass is 10.1. The van der Waals surface area contributed by atoms with Crippen LogP contribution in [0.2, 0.25) is 0 Å². The molecule has 2 aromatic rings. The van der Waals surface area contributed by atoms with Crippen molar-refractivity contribution in [1.82, 2.24) is 10.6 Å². The third-order valence-electron chi connectivity index (χ3n) is 3.90. The van der Waals surface area contributed by atoms with Gasteiger partial charge in [0.25, 0.3) is 5.91 Å². The van der Waals surface area contributed by atoms with Crippen LogP contribution in [0.4, 0.5) is 0 Å². The first-order valence-corrected chi connectivity index (χ1v) is 9.15. The van der Waals surface area contributed by atoms with Crippen LogP contribution in [0, 0.1) is 0 Å². The van der Waals surface area contributed by atoms with E-state index in [9.17, 15) is 9.59 Å². The van der Waals surface area contributed by atoms with E-state index in [4.69, 9.17) is 4.74 Å². The molecule has 2 N–H and O–H groups in total. The van der Waals surface area contributed by atoms with Gasteiger partial charge in [-0.3, -0.25) is 9.59 Å². The Morgan fingerprint density at radius 2 is 1.84 bits per heavy atom. The summed E-state index contributed by atoms with van der Waals surface area (Å²) in [5.41, 5.74) is 1.20. The number of benzene rings is 1. The molecule has 2 atom stereocenters. The van der Waals surface area contributed by atoms with Gasteiger partial charge < -0.3 is 15.4 Å². The van der Waals surface area contributed by atoms with Gasteiger partial charge in [0.1, 0.15) is 11.8 Å². The maximum absolute atomic E-state index is 12.2. The highest BCUT2D eigenvalue weighted by molar-refractivity contribution is 7.12. The van der Waals surface area contributed by atoms with E-state index < -0.39 is 6.04 Å². The molecule has 5 nitrogen and oxygen atoms in total. The molecule has 0 aliphatic rings. The highest BCUT2D eigenvalue weighted by Crippen LogP contribution is 2.13. The van der Waals surface area contributed by atoms with Gasteiger partial charge in [0.2, 0.25) is 5.91 Å². The van der Waals surface area contributed by atoms with Crippen molar-refractivity contribution in [3.05, 3.63) is 52.2 Å². The average Bonchev–Trinajstić information content (AvgIpc) is 3.15. The first-order valence-electron chi connectivity index (χ1n) is 8.27. The number of rotatable bonds is 8. The minimum atomic E-state index is -0.571. The van der Waals surface area contributed by atoms with Gasteiger partial charge in [-0.2, -0.15) is 0 Å². The number of methoxy groups -OCH3 is 1. The Labute approximate surface area is 152 Å². The molecule has 1 heterocycles. The number of ether oxygens (including phenoxy) is 1. The van der Waals surface area contributed by atoms with E-state index in [-0.39, 0.29) is 17.9 Å². The van der Waals surface area contributed by atoms with Gasteiger partial charge in [-0.25, -0.2) is 0 Å². The Morgan fingerprint density at radius 1 is 1.12 bits per heavy atom. The first-order chi connectivity index (χ1) is 12.0. The van der Waals surface area contributed by atoms with E-state index in [0.717, 1.165) is 18.6 Å². The summed E-state index contributed by atoms with van der Waals surface area (Å²) >= 11 is 1.35. The monoisotopic (exact) mass is 360 g/mol. The van der Waals surface area contributed by atoms with E-state index in [1.54, 1.807) is 20.1 Å². The molecular formula is C19H24N2O3S. The molecule has 2 rings (SSSR count). The summed E-state index contributed by atoms with van der Waals surface area (Å²) in [5, 5.41) is 7.50. The van der Waals surface area contributed by atoms with E-state index in [1.807, 2.05) is 42.6 Å². The normalized spacial score (nSPS) is 12.9. The smallest absolute Gasteiger partial charge is 0.261 e. The predicted octanol–water partition coefficient (Wildman–Crippen LogP) is 3.01. The third kappa shape index (κ3) is 5.90. The van der Waals surface area contributed by atoms with Crippen LogP contribution in [0.3, 0.4) is 0 Å². The molecule has 25 heavy (non-hydrogen) atoms. The van der Waals surface area contributed by atoms with Crippen LogP contribution in [0.1, 0.15) is 35.5 Å². The van der Waals surface area contributed by atoms with Gasteiger partial charge in [-0.1, -0.05) is 18.2 Å². The molecule has 0 aliphatic carbocycles. The lowest BCUT2D eigenvalue weighted by molar-refractivity contribution is -0.123. The quantitative estimate of drug-likeness (QED) is 0.760. The van der Waals surface area contributed by atoms with Crippen LogP contribution in [0.5, 0.6) is 5.75 Å². The second-order valence-electron chi connectivity index (χ2n) is 5.97.